The molecule has 1 aromatic heterocycles. The summed E-state index contributed by atoms with van der Waals surface area (Å²) in [6.07, 6.45) is 7.21. The first-order valence-corrected chi connectivity index (χ1v) is 11.9. The minimum Gasteiger partial charge on any atom is -0.507 e. The summed E-state index contributed by atoms with van der Waals surface area (Å²) in [6, 6.07) is 3.41. The molecule has 2 rings (SSSR count). The van der Waals surface area contributed by atoms with Crippen LogP contribution in [0.15, 0.2) is 12.1 Å². The van der Waals surface area contributed by atoms with E-state index < -0.39 is 0 Å². The fraction of sp³-hybridized carbons (Fsp3) is 0.625. The van der Waals surface area contributed by atoms with Gasteiger partial charge in [-0.2, -0.15) is 0 Å². The molecule has 182 valence electrons. The van der Waals surface area contributed by atoms with Crippen LogP contribution in [0.2, 0.25) is 0 Å². The first kappa shape index (κ1) is 26.3. The molecule has 9 nitrogen and oxygen atoms in total. The molecule has 0 radical (unpaired) electrons. The van der Waals surface area contributed by atoms with E-state index in [-0.39, 0.29) is 17.5 Å². The van der Waals surface area contributed by atoms with Gasteiger partial charge >= 0.3 is 5.97 Å². The van der Waals surface area contributed by atoms with Crippen molar-refractivity contribution in [2.45, 2.75) is 85.1 Å². The van der Waals surface area contributed by atoms with Crippen LogP contribution >= 0.6 is 0 Å². The number of benzene rings is 1. The Morgan fingerprint density at radius 2 is 1.85 bits per heavy atom. The van der Waals surface area contributed by atoms with Gasteiger partial charge in [-0.05, 0) is 62.1 Å². The molecule has 0 spiro atoms. The lowest BCUT2D eigenvalue weighted by Crippen LogP contribution is -2.10. The van der Waals surface area contributed by atoms with Crippen LogP contribution in [0.1, 0.15) is 87.5 Å². The van der Waals surface area contributed by atoms with Gasteiger partial charge in [0.25, 0.3) is 0 Å². The summed E-state index contributed by atoms with van der Waals surface area (Å²) in [5.74, 6) is 1.19. The number of esters is 1. The molecule has 0 saturated heterocycles. The van der Waals surface area contributed by atoms with E-state index in [0.717, 1.165) is 44.3 Å². The zero-order chi connectivity index (χ0) is 24.1. The number of hydrogen-bond donors (Lipinski definition) is 1. The van der Waals surface area contributed by atoms with Crippen molar-refractivity contribution in [3.8, 4) is 11.5 Å². The van der Waals surface area contributed by atoms with Crippen LogP contribution in [0.3, 0.4) is 0 Å². The Morgan fingerprint density at radius 1 is 1.06 bits per heavy atom. The number of aromatic nitrogens is 4. The second-order valence-corrected chi connectivity index (χ2v) is 7.98. The smallest absolute Gasteiger partial charge is 0.305 e. The number of phenolic OH excluding ortho intramolecular Hbond substituents is 1. The van der Waals surface area contributed by atoms with Crippen molar-refractivity contribution in [1.29, 1.82) is 0 Å². The number of tetrazole rings is 1. The highest BCUT2D eigenvalue weighted by atomic mass is 16.5. The fourth-order valence-corrected chi connectivity index (χ4v) is 3.63. The predicted octanol–water partition coefficient (Wildman–Crippen LogP) is 4.06. The Bertz CT molecular complexity index is 897. The van der Waals surface area contributed by atoms with Crippen molar-refractivity contribution in [3.63, 3.8) is 0 Å². The molecule has 0 saturated carbocycles. The number of carbonyl (C=O) groups is 2. The SMILES string of the molecule is CCCc1c(OCCCCCCc2nnnn2CCCC(=O)OCC)ccc(C(C)=O)c1O. The van der Waals surface area contributed by atoms with Crippen molar-refractivity contribution in [1.82, 2.24) is 20.2 Å². The lowest BCUT2D eigenvalue weighted by Gasteiger charge is -2.14. The van der Waals surface area contributed by atoms with Crippen LogP contribution in [-0.2, 0) is 28.9 Å². The Balaban J connectivity index is 1.69. The second kappa shape index (κ2) is 14.2. The zero-order valence-corrected chi connectivity index (χ0v) is 20.0. The second-order valence-electron chi connectivity index (χ2n) is 7.98. The van der Waals surface area contributed by atoms with Crippen molar-refractivity contribution in [3.05, 3.63) is 29.1 Å². The number of phenols is 1. The highest BCUT2D eigenvalue weighted by Crippen LogP contribution is 2.33. The van der Waals surface area contributed by atoms with Gasteiger partial charge in [0.15, 0.2) is 11.6 Å². The van der Waals surface area contributed by atoms with E-state index in [1.807, 2.05) is 6.92 Å². The number of ketones is 1. The molecule has 0 aliphatic rings. The molecule has 1 aromatic carbocycles. The molecule has 0 bridgehead atoms. The number of aryl methyl sites for hydroxylation is 2. The molecule has 0 amide bonds. The Hall–Kier alpha value is -2.97. The molecule has 1 heterocycles. The van der Waals surface area contributed by atoms with E-state index in [2.05, 4.69) is 15.5 Å². The van der Waals surface area contributed by atoms with E-state index in [1.165, 1.54) is 6.92 Å². The Labute approximate surface area is 195 Å². The number of aromatic hydroxyl groups is 1. The standard InChI is InChI=1S/C24H36N4O5/c1-4-11-20-21(15-14-19(18(3)29)24(20)31)33-17-9-7-6-8-12-22-25-26-27-28(22)16-10-13-23(30)32-5-2/h14-15,31H,4-13,16-17H2,1-3H3. The van der Waals surface area contributed by atoms with Gasteiger partial charge < -0.3 is 14.6 Å². The summed E-state index contributed by atoms with van der Waals surface area (Å²) in [7, 11) is 0. The number of unbranched alkanes of at least 4 members (excludes halogenated alkanes) is 3. The van der Waals surface area contributed by atoms with E-state index in [9.17, 15) is 14.7 Å². The van der Waals surface area contributed by atoms with E-state index in [1.54, 1.807) is 23.7 Å². The molecular weight excluding hydrogens is 424 g/mol. The summed E-state index contributed by atoms with van der Waals surface area (Å²) < 4.78 is 12.6. The number of ether oxygens (including phenoxy) is 2. The van der Waals surface area contributed by atoms with Crippen molar-refractivity contribution in [2.75, 3.05) is 13.2 Å². The maximum atomic E-state index is 11.7. The minimum atomic E-state index is -0.193. The van der Waals surface area contributed by atoms with Gasteiger partial charge in [-0.1, -0.05) is 26.2 Å². The van der Waals surface area contributed by atoms with Crippen molar-refractivity contribution >= 4 is 11.8 Å². The zero-order valence-electron chi connectivity index (χ0n) is 20.0. The largest absolute Gasteiger partial charge is 0.507 e. The van der Waals surface area contributed by atoms with E-state index >= 15 is 0 Å². The first-order valence-electron chi connectivity index (χ1n) is 11.9. The monoisotopic (exact) mass is 460 g/mol. The van der Waals surface area contributed by atoms with Crippen LogP contribution in [-0.4, -0.2) is 50.3 Å². The number of nitrogens with zero attached hydrogens (tertiary/aromatic N) is 4. The molecule has 9 heteroatoms. The third-order valence-corrected chi connectivity index (χ3v) is 5.33. The van der Waals surface area contributed by atoms with Gasteiger partial charge in [-0.15, -0.1) is 5.10 Å². The molecule has 0 fully saturated rings. The van der Waals surface area contributed by atoms with E-state index in [4.69, 9.17) is 9.47 Å². The normalized spacial score (nSPS) is 10.9. The van der Waals surface area contributed by atoms with E-state index in [0.29, 0.717) is 55.9 Å². The third kappa shape index (κ3) is 8.47. The van der Waals surface area contributed by atoms with Crippen molar-refractivity contribution in [2.24, 2.45) is 0 Å². The number of rotatable bonds is 16. The molecule has 1 N–H and O–H groups in total. The molecule has 0 aliphatic heterocycles. The minimum absolute atomic E-state index is 0.0434. The average molecular weight is 461 g/mol. The molecule has 0 atom stereocenters. The van der Waals surface area contributed by atoms with Gasteiger partial charge in [0, 0.05) is 24.9 Å². The summed E-state index contributed by atoms with van der Waals surface area (Å²) in [4.78, 5) is 23.1. The summed E-state index contributed by atoms with van der Waals surface area (Å²) in [5.41, 5.74) is 1.05. The maximum Gasteiger partial charge on any atom is 0.305 e. The Morgan fingerprint density at radius 3 is 2.58 bits per heavy atom. The number of carbonyl (C=O) groups excluding carboxylic acids is 2. The highest BCUT2D eigenvalue weighted by molar-refractivity contribution is 5.97. The molecule has 0 aliphatic carbocycles. The summed E-state index contributed by atoms with van der Waals surface area (Å²) in [6.45, 7) is 6.83. The quantitative estimate of drug-likeness (QED) is 0.226. The van der Waals surface area contributed by atoms with Crippen LogP contribution in [0, 0.1) is 0 Å². The molecule has 33 heavy (non-hydrogen) atoms. The van der Waals surface area contributed by atoms with Crippen molar-refractivity contribution < 1.29 is 24.2 Å². The Kier molecular flexibility index (Phi) is 11.3. The van der Waals surface area contributed by atoms with Gasteiger partial charge in [-0.25, -0.2) is 4.68 Å². The van der Waals surface area contributed by atoms with Crippen LogP contribution in [0.25, 0.3) is 0 Å². The van der Waals surface area contributed by atoms with Crippen LogP contribution < -0.4 is 4.74 Å². The fourth-order valence-electron chi connectivity index (χ4n) is 3.63. The number of Topliss-reactive ketones (excluding diaryl/α,β-unsaturated/α-hetero) is 1. The van der Waals surface area contributed by atoms with Crippen LogP contribution in [0.5, 0.6) is 11.5 Å². The van der Waals surface area contributed by atoms with Gasteiger partial charge in [-0.3, -0.25) is 9.59 Å². The molecule has 0 unspecified atom stereocenters. The highest BCUT2D eigenvalue weighted by Gasteiger charge is 2.15. The first-order chi connectivity index (χ1) is 16.0. The van der Waals surface area contributed by atoms with Gasteiger partial charge in [0.1, 0.15) is 11.5 Å². The lowest BCUT2D eigenvalue weighted by atomic mass is 10.0. The number of hydrogen-bond acceptors (Lipinski definition) is 8. The van der Waals surface area contributed by atoms with Crippen LogP contribution in [0.4, 0.5) is 0 Å². The summed E-state index contributed by atoms with van der Waals surface area (Å²) in [5, 5.41) is 22.3. The average Bonchev–Trinajstić information content (AvgIpc) is 3.22. The topological polar surface area (TPSA) is 116 Å². The third-order valence-electron chi connectivity index (χ3n) is 5.33. The van der Waals surface area contributed by atoms with Gasteiger partial charge in [0.2, 0.25) is 0 Å². The predicted molar refractivity (Wildman–Crippen MR) is 123 cm³/mol. The maximum absolute atomic E-state index is 11.7. The molecule has 2 aromatic rings. The molecular formula is C24H36N4O5. The summed E-state index contributed by atoms with van der Waals surface area (Å²) >= 11 is 0. The lowest BCUT2D eigenvalue weighted by molar-refractivity contribution is -0.143. The van der Waals surface area contributed by atoms with Gasteiger partial charge in [0.05, 0.1) is 18.8 Å².